The smallest absolute Gasteiger partial charge is 0.339 e. The highest BCUT2D eigenvalue weighted by molar-refractivity contribution is 5.92. The van der Waals surface area contributed by atoms with Crippen molar-refractivity contribution in [3.63, 3.8) is 0 Å². The summed E-state index contributed by atoms with van der Waals surface area (Å²) in [6.07, 6.45) is 0. The maximum atomic E-state index is 11.2. The normalized spacial score (nSPS) is 12.8. The minimum absolute atomic E-state index is 0.0803. The molecule has 0 unspecified atom stereocenters. The Morgan fingerprint density at radius 1 is 1.05 bits per heavy atom. The molecule has 1 aliphatic heterocycles. The Labute approximate surface area is 121 Å². The molecule has 0 aliphatic carbocycles. The summed E-state index contributed by atoms with van der Waals surface area (Å²) < 4.78 is 16.7. The lowest BCUT2D eigenvalue weighted by Crippen LogP contribution is -2.18. The molecular formula is C16H14O5. The van der Waals surface area contributed by atoms with Gasteiger partial charge in [0.2, 0.25) is 5.75 Å². The molecule has 0 spiro atoms. The first-order valence-corrected chi connectivity index (χ1v) is 6.58. The van der Waals surface area contributed by atoms with Gasteiger partial charge in [-0.25, -0.2) is 4.79 Å². The molecule has 1 heterocycles. The summed E-state index contributed by atoms with van der Waals surface area (Å²) in [5.41, 5.74) is 1.10. The topological polar surface area (TPSA) is 65.0 Å². The molecule has 0 amide bonds. The van der Waals surface area contributed by atoms with Gasteiger partial charge in [-0.3, -0.25) is 0 Å². The van der Waals surface area contributed by atoms with Gasteiger partial charge in [-0.1, -0.05) is 30.3 Å². The second-order valence-electron chi connectivity index (χ2n) is 4.55. The molecule has 0 saturated carbocycles. The van der Waals surface area contributed by atoms with Crippen LogP contribution in [-0.2, 0) is 6.61 Å². The van der Waals surface area contributed by atoms with Crippen LogP contribution in [0, 0.1) is 0 Å². The van der Waals surface area contributed by atoms with Crippen molar-refractivity contribution in [2.24, 2.45) is 0 Å². The van der Waals surface area contributed by atoms with E-state index in [1.54, 1.807) is 6.07 Å². The van der Waals surface area contributed by atoms with Gasteiger partial charge in [-0.2, -0.15) is 0 Å². The third kappa shape index (κ3) is 2.76. The van der Waals surface area contributed by atoms with Gasteiger partial charge in [0.1, 0.15) is 25.4 Å². The van der Waals surface area contributed by atoms with E-state index in [2.05, 4.69) is 0 Å². The van der Waals surface area contributed by atoms with E-state index in [0.717, 1.165) is 5.56 Å². The molecule has 5 heteroatoms. The summed E-state index contributed by atoms with van der Waals surface area (Å²) in [4.78, 5) is 11.2. The predicted octanol–water partition coefficient (Wildman–Crippen LogP) is 2.74. The van der Waals surface area contributed by atoms with E-state index in [1.807, 2.05) is 30.3 Å². The van der Waals surface area contributed by atoms with Crippen molar-refractivity contribution in [3.8, 4) is 17.2 Å². The molecule has 2 aromatic rings. The van der Waals surface area contributed by atoms with Gasteiger partial charge < -0.3 is 19.3 Å². The lowest BCUT2D eigenvalue weighted by molar-refractivity contribution is 0.0685. The lowest BCUT2D eigenvalue weighted by atomic mass is 10.1. The van der Waals surface area contributed by atoms with Crippen molar-refractivity contribution in [3.05, 3.63) is 53.6 Å². The lowest BCUT2D eigenvalue weighted by Gasteiger charge is -2.22. The zero-order valence-corrected chi connectivity index (χ0v) is 11.2. The van der Waals surface area contributed by atoms with Crippen molar-refractivity contribution in [2.45, 2.75) is 6.61 Å². The number of carbonyl (C=O) groups is 1. The van der Waals surface area contributed by atoms with E-state index in [4.69, 9.17) is 19.3 Å². The van der Waals surface area contributed by atoms with Crippen molar-refractivity contribution in [2.75, 3.05) is 13.2 Å². The summed E-state index contributed by atoms with van der Waals surface area (Å²) in [7, 11) is 0. The highest BCUT2D eigenvalue weighted by Gasteiger charge is 2.24. The molecule has 108 valence electrons. The summed E-state index contributed by atoms with van der Waals surface area (Å²) in [6.45, 7) is 1.08. The first kappa shape index (κ1) is 13.3. The Bertz CT molecular complexity index is 651. The largest absolute Gasteiger partial charge is 0.485 e. The molecule has 0 bridgehead atoms. The Morgan fingerprint density at radius 3 is 2.48 bits per heavy atom. The third-order valence-electron chi connectivity index (χ3n) is 3.12. The van der Waals surface area contributed by atoms with Gasteiger partial charge in [-0.05, 0) is 17.7 Å². The molecule has 0 saturated heterocycles. The molecule has 3 rings (SSSR count). The van der Waals surface area contributed by atoms with Crippen LogP contribution in [0.25, 0.3) is 0 Å². The molecular weight excluding hydrogens is 272 g/mol. The molecule has 1 N–H and O–H groups in total. The highest BCUT2D eigenvalue weighted by Crippen LogP contribution is 2.42. The fourth-order valence-corrected chi connectivity index (χ4v) is 2.13. The van der Waals surface area contributed by atoms with Gasteiger partial charge in [0.15, 0.2) is 11.5 Å². The molecule has 2 aromatic carbocycles. The van der Waals surface area contributed by atoms with Gasteiger partial charge in [0, 0.05) is 0 Å². The third-order valence-corrected chi connectivity index (χ3v) is 3.12. The maximum Gasteiger partial charge on any atom is 0.339 e. The van der Waals surface area contributed by atoms with E-state index in [9.17, 15) is 4.79 Å². The number of carboxylic acid groups (broad SMARTS) is 1. The van der Waals surface area contributed by atoms with Crippen LogP contribution in [0.15, 0.2) is 42.5 Å². The van der Waals surface area contributed by atoms with E-state index >= 15 is 0 Å². The zero-order chi connectivity index (χ0) is 14.7. The van der Waals surface area contributed by atoms with Crippen LogP contribution >= 0.6 is 0 Å². The molecule has 0 atom stereocenters. The Balaban J connectivity index is 1.87. The Hall–Kier alpha value is -2.69. The fraction of sp³-hybridized carbons (Fsp3) is 0.188. The fourth-order valence-electron chi connectivity index (χ4n) is 2.13. The summed E-state index contributed by atoms with van der Waals surface area (Å²) >= 11 is 0. The van der Waals surface area contributed by atoms with Crippen LogP contribution < -0.4 is 14.2 Å². The summed E-state index contributed by atoms with van der Waals surface area (Å²) in [5, 5.41) is 9.16. The average Bonchev–Trinajstić information content (AvgIpc) is 2.53. The van der Waals surface area contributed by atoms with E-state index in [1.165, 1.54) is 6.07 Å². The van der Waals surface area contributed by atoms with Gasteiger partial charge in [-0.15, -0.1) is 0 Å². The van der Waals surface area contributed by atoms with Crippen LogP contribution in [0.4, 0.5) is 0 Å². The molecule has 0 fully saturated rings. The average molecular weight is 286 g/mol. The summed E-state index contributed by atoms with van der Waals surface area (Å²) in [6, 6.07) is 12.8. The predicted molar refractivity (Wildman–Crippen MR) is 75.2 cm³/mol. The standard InChI is InChI=1S/C16H14O5/c17-16(18)12-6-7-13(15-14(12)19-8-9-20-15)21-10-11-4-2-1-3-5-11/h1-7H,8-10H2,(H,17,18). The maximum absolute atomic E-state index is 11.2. The van der Waals surface area contributed by atoms with Gasteiger partial charge in [0.25, 0.3) is 0 Å². The minimum Gasteiger partial charge on any atom is -0.485 e. The molecule has 5 nitrogen and oxygen atoms in total. The van der Waals surface area contributed by atoms with Crippen LogP contribution in [0.5, 0.6) is 17.2 Å². The Morgan fingerprint density at radius 2 is 1.76 bits per heavy atom. The number of hydrogen-bond donors (Lipinski definition) is 1. The van der Waals surface area contributed by atoms with Crippen molar-refractivity contribution in [1.82, 2.24) is 0 Å². The molecule has 0 aromatic heterocycles. The molecule has 0 radical (unpaired) electrons. The first-order chi connectivity index (χ1) is 10.3. The second-order valence-corrected chi connectivity index (χ2v) is 4.55. The SMILES string of the molecule is O=C(O)c1ccc(OCc2ccccc2)c2c1OCCO2. The van der Waals surface area contributed by atoms with Gasteiger partial charge in [0.05, 0.1) is 0 Å². The van der Waals surface area contributed by atoms with Crippen molar-refractivity contribution < 1.29 is 24.1 Å². The number of aromatic carboxylic acids is 1. The number of hydrogen-bond acceptors (Lipinski definition) is 4. The number of benzene rings is 2. The van der Waals surface area contributed by atoms with Crippen LogP contribution in [0.1, 0.15) is 15.9 Å². The number of ether oxygens (including phenoxy) is 3. The number of fused-ring (bicyclic) bond motifs is 1. The van der Waals surface area contributed by atoms with Gasteiger partial charge >= 0.3 is 5.97 Å². The van der Waals surface area contributed by atoms with Crippen LogP contribution in [0.3, 0.4) is 0 Å². The second kappa shape index (κ2) is 5.75. The minimum atomic E-state index is -1.05. The monoisotopic (exact) mass is 286 g/mol. The number of rotatable bonds is 4. The quantitative estimate of drug-likeness (QED) is 0.936. The number of carboxylic acids is 1. The molecule has 21 heavy (non-hydrogen) atoms. The highest BCUT2D eigenvalue weighted by atomic mass is 16.6. The van der Waals surface area contributed by atoms with Crippen molar-refractivity contribution in [1.29, 1.82) is 0 Å². The van der Waals surface area contributed by atoms with Crippen LogP contribution in [0.2, 0.25) is 0 Å². The van der Waals surface area contributed by atoms with E-state index in [0.29, 0.717) is 31.3 Å². The molecule has 1 aliphatic rings. The van der Waals surface area contributed by atoms with E-state index in [-0.39, 0.29) is 11.3 Å². The van der Waals surface area contributed by atoms with Crippen LogP contribution in [-0.4, -0.2) is 24.3 Å². The summed E-state index contributed by atoms with van der Waals surface area (Å²) in [5.74, 6) is 0.0290. The van der Waals surface area contributed by atoms with Crippen molar-refractivity contribution >= 4 is 5.97 Å². The van der Waals surface area contributed by atoms with E-state index < -0.39 is 5.97 Å². The first-order valence-electron chi connectivity index (χ1n) is 6.58. The Kier molecular flexibility index (Phi) is 3.64. The zero-order valence-electron chi connectivity index (χ0n) is 11.2.